The third-order valence-corrected chi connectivity index (χ3v) is 9.11. The van der Waals surface area contributed by atoms with Crippen LogP contribution >= 0.6 is 16.0 Å². The normalized spacial score (nSPS) is 17.9. The predicted molar refractivity (Wildman–Crippen MR) is 142 cm³/mol. The van der Waals surface area contributed by atoms with E-state index in [1.807, 2.05) is 30.1 Å². The van der Waals surface area contributed by atoms with Gasteiger partial charge in [0.1, 0.15) is 0 Å². The van der Waals surface area contributed by atoms with Gasteiger partial charge in [0, 0.05) is 17.1 Å². The second-order valence-electron chi connectivity index (χ2n) is 9.24. The molecule has 4 rings (SSSR count). The number of hydrogen-bond donors (Lipinski definition) is 1. The van der Waals surface area contributed by atoms with Gasteiger partial charge in [0.25, 0.3) is 0 Å². The van der Waals surface area contributed by atoms with E-state index < -0.39 is 7.82 Å². The summed E-state index contributed by atoms with van der Waals surface area (Å²) in [6.45, 7) is 0.151. The highest BCUT2D eigenvalue weighted by molar-refractivity contribution is 7.47. The maximum absolute atomic E-state index is 12.5. The van der Waals surface area contributed by atoms with Crippen molar-refractivity contribution in [2.24, 2.45) is 0 Å². The Bertz CT molecular complexity index is 1050. The van der Waals surface area contributed by atoms with Crippen LogP contribution in [0.4, 0.5) is 0 Å². The van der Waals surface area contributed by atoms with E-state index in [9.17, 15) is 14.3 Å². The van der Waals surface area contributed by atoms with Crippen LogP contribution in [0, 0.1) is 0 Å². The van der Waals surface area contributed by atoms with Crippen LogP contribution in [0.1, 0.15) is 72.6 Å². The molecule has 2 unspecified atom stereocenters. The fraction of sp³-hybridized carbons (Fsp3) is 0.393. The molecular weight excluding hydrogens is 478 g/mol. The van der Waals surface area contributed by atoms with Crippen LogP contribution in [0.25, 0.3) is 0 Å². The van der Waals surface area contributed by atoms with Crippen molar-refractivity contribution in [1.29, 1.82) is 0 Å². The van der Waals surface area contributed by atoms with Gasteiger partial charge in [0.2, 0.25) is 0 Å². The molecule has 1 aliphatic rings. The molecule has 1 N–H and O–H groups in total. The quantitative estimate of drug-likeness (QED) is 0.154. The Morgan fingerprint density at radius 2 is 1.54 bits per heavy atom. The Morgan fingerprint density at radius 3 is 2.11 bits per heavy atom. The lowest BCUT2D eigenvalue weighted by atomic mass is 9.65. The van der Waals surface area contributed by atoms with Gasteiger partial charge in [-0.3, -0.25) is 13.8 Å². The van der Waals surface area contributed by atoms with Crippen LogP contribution in [0.3, 0.4) is 0 Å². The highest BCUT2D eigenvalue weighted by Gasteiger charge is 2.40. The average Bonchev–Trinajstić information content (AvgIpc) is 3.43. The van der Waals surface area contributed by atoms with Crippen LogP contribution in [0.15, 0.2) is 78.6 Å². The fourth-order valence-electron chi connectivity index (χ4n) is 5.05. The number of ketones is 1. The van der Waals surface area contributed by atoms with Gasteiger partial charge in [-0.05, 0) is 61.5 Å². The molecule has 0 amide bonds. The highest BCUT2D eigenvalue weighted by Crippen LogP contribution is 2.51. The van der Waals surface area contributed by atoms with Gasteiger partial charge in [-0.2, -0.15) is 0 Å². The summed E-state index contributed by atoms with van der Waals surface area (Å²) in [5, 5.41) is 0.894. The van der Waals surface area contributed by atoms with Crippen LogP contribution < -0.4 is 0 Å². The van der Waals surface area contributed by atoms with Crippen LogP contribution in [0.2, 0.25) is 0 Å². The van der Waals surface area contributed by atoms with Gasteiger partial charge >= 0.3 is 7.82 Å². The number of hydrogen-bond acceptors (Lipinski definition) is 4. The molecular formula is C28H34O5P2. The monoisotopic (exact) mass is 512 g/mol. The van der Waals surface area contributed by atoms with Crippen LogP contribution in [-0.2, 0) is 19.0 Å². The third-order valence-electron chi connectivity index (χ3n) is 6.92. The number of carbonyl (C=O) groups is 1. The van der Waals surface area contributed by atoms with Crippen molar-refractivity contribution in [2.75, 3.05) is 6.61 Å². The highest BCUT2D eigenvalue weighted by atomic mass is 31.2. The van der Waals surface area contributed by atoms with Gasteiger partial charge < -0.3 is 4.89 Å². The maximum atomic E-state index is 12.5. The Morgan fingerprint density at radius 1 is 0.914 bits per heavy atom. The Labute approximate surface area is 209 Å². The van der Waals surface area contributed by atoms with E-state index >= 15 is 0 Å². The molecule has 186 valence electrons. The summed E-state index contributed by atoms with van der Waals surface area (Å²) in [6, 6.07) is 24.8. The molecule has 0 aliphatic heterocycles. The number of phosphoric ester groups is 1. The van der Waals surface area contributed by atoms with E-state index in [0.717, 1.165) is 31.0 Å². The molecule has 3 aromatic rings. The average molecular weight is 513 g/mol. The van der Waals surface area contributed by atoms with Gasteiger partial charge in [-0.25, -0.2) is 4.57 Å². The van der Waals surface area contributed by atoms with Gasteiger partial charge in [0.15, 0.2) is 5.78 Å². The largest absolute Gasteiger partial charge is 0.472 e. The third kappa shape index (κ3) is 7.03. The van der Waals surface area contributed by atoms with Crippen LogP contribution in [0.5, 0.6) is 0 Å². The molecule has 1 saturated carbocycles. The second kappa shape index (κ2) is 12.3. The zero-order chi connectivity index (χ0) is 24.6. The molecule has 1 aliphatic carbocycles. The molecule has 0 spiro atoms. The SMILES string of the molecule is O=C(CCCCCOP(=O)(O)OC1CCC(c2ccccc2)(c2ccccc2)CC1)c1ccc[pH]1. The molecule has 2 aromatic carbocycles. The van der Waals surface area contributed by atoms with E-state index in [0.29, 0.717) is 33.9 Å². The summed E-state index contributed by atoms with van der Waals surface area (Å²) in [5.41, 5.74) is 2.42. The summed E-state index contributed by atoms with van der Waals surface area (Å²) < 4.78 is 23.4. The van der Waals surface area contributed by atoms with Crippen molar-refractivity contribution in [2.45, 2.75) is 62.9 Å². The lowest BCUT2D eigenvalue weighted by Gasteiger charge is -2.41. The zero-order valence-electron chi connectivity index (χ0n) is 20.0. The van der Waals surface area contributed by atoms with Crippen molar-refractivity contribution < 1.29 is 23.3 Å². The second-order valence-corrected chi connectivity index (χ2v) is 11.8. The first-order valence-corrected chi connectivity index (χ1v) is 15.0. The summed E-state index contributed by atoms with van der Waals surface area (Å²) in [4.78, 5) is 22.3. The van der Waals surface area contributed by atoms with Crippen molar-refractivity contribution in [1.82, 2.24) is 0 Å². The minimum atomic E-state index is -4.11. The van der Waals surface area contributed by atoms with Gasteiger partial charge in [-0.1, -0.05) is 73.2 Å². The molecule has 1 aromatic heterocycles. The molecule has 0 radical (unpaired) electrons. The molecule has 1 heterocycles. The Balaban J connectivity index is 1.23. The van der Waals surface area contributed by atoms with Crippen molar-refractivity contribution >= 4 is 21.8 Å². The minimum absolute atomic E-state index is 0.120. The van der Waals surface area contributed by atoms with E-state index in [1.54, 1.807) is 0 Å². The lowest BCUT2D eigenvalue weighted by molar-refractivity contribution is 0.0694. The number of benzene rings is 2. The molecule has 0 bridgehead atoms. The Hall–Kier alpha value is -2.00. The van der Waals surface area contributed by atoms with E-state index in [-0.39, 0.29) is 23.9 Å². The molecule has 0 saturated heterocycles. The topological polar surface area (TPSA) is 72.8 Å². The summed E-state index contributed by atoms with van der Waals surface area (Å²) in [5.74, 6) is 2.21. The molecule has 7 heteroatoms. The number of carbonyl (C=O) groups excluding carboxylic acids is 1. The Kier molecular flexibility index (Phi) is 9.16. The van der Waals surface area contributed by atoms with Gasteiger partial charge in [-0.15, -0.1) is 8.19 Å². The fourth-order valence-corrected chi connectivity index (χ4v) is 6.91. The van der Waals surface area contributed by atoms with E-state index in [1.165, 1.54) is 11.1 Å². The van der Waals surface area contributed by atoms with Gasteiger partial charge in [0.05, 0.1) is 12.7 Å². The van der Waals surface area contributed by atoms with Crippen LogP contribution in [-0.4, -0.2) is 23.4 Å². The summed E-state index contributed by atoms with van der Waals surface area (Å²) >= 11 is 0. The minimum Gasteiger partial charge on any atom is -0.302 e. The first-order valence-electron chi connectivity index (χ1n) is 12.4. The molecule has 35 heavy (non-hydrogen) atoms. The molecule has 1 fully saturated rings. The predicted octanol–water partition coefficient (Wildman–Crippen LogP) is 7.52. The molecule has 5 nitrogen and oxygen atoms in total. The van der Waals surface area contributed by atoms with Crippen molar-refractivity contribution in [3.05, 3.63) is 95.0 Å². The van der Waals surface area contributed by atoms with Crippen molar-refractivity contribution in [3.63, 3.8) is 0 Å². The first kappa shape index (κ1) is 26.1. The first-order chi connectivity index (χ1) is 17.0. The van der Waals surface area contributed by atoms with E-state index in [2.05, 4.69) is 48.5 Å². The lowest BCUT2D eigenvalue weighted by Crippen LogP contribution is -2.35. The van der Waals surface area contributed by atoms with Crippen molar-refractivity contribution in [3.8, 4) is 0 Å². The summed E-state index contributed by atoms with van der Waals surface area (Å²) in [6.07, 6.45) is 5.41. The number of rotatable bonds is 12. The zero-order valence-corrected chi connectivity index (χ0v) is 21.9. The summed E-state index contributed by atoms with van der Waals surface area (Å²) in [7, 11) is -3.63. The number of Topliss-reactive ketones (excluding diaryl/α,β-unsaturated/α-hetero) is 1. The maximum Gasteiger partial charge on any atom is 0.472 e. The number of phosphoric acid groups is 1. The number of unbranched alkanes of at least 4 members (excludes halogenated alkanes) is 2. The standard InChI is InChI=1S/C28H34O5P2/c29-26(27-16-10-22-34-27)15-8-3-9-21-32-35(30,31)33-25-17-19-28(20-18-25,23-11-4-1-5-12-23)24-13-6-2-7-14-24/h1-2,4-7,10-14,16,22,25,34H,3,8-9,15,17-21H2,(H,30,31). The van der Waals surface area contributed by atoms with E-state index in [4.69, 9.17) is 9.05 Å². The smallest absolute Gasteiger partial charge is 0.302 e. The molecule has 2 atom stereocenters.